The third kappa shape index (κ3) is 2.89. The highest BCUT2D eigenvalue weighted by Crippen LogP contribution is 2.25. The molecule has 0 saturated carbocycles. The van der Waals surface area contributed by atoms with Crippen molar-refractivity contribution in [2.45, 2.75) is 26.8 Å². The molecule has 0 amide bonds. The van der Waals surface area contributed by atoms with Gasteiger partial charge in [-0.2, -0.15) is 0 Å². The Morgan fingerprint density at radius 2 is 1.86 bits per heavy atom. The second-order valence-corrected chi connectivity index (χ2v) is 4.04. The maximum atomic E-state index is 6.03. The van der Waals surface area contributed by atoms with Crippen molar-refractivity contribution < 1.29 is 4.74 Å². The van der Waals surface area contributed by atoms with E-state index in [4.69, 9.17) is 22.1 Å². The zero-order valence-corrected chi connectivity index (χ0v) is 9.56. The molecular weight excluding hydrogens is 198 g/mol. The van der Waals surface area contributed by atoms with Gasteiger partial charge in [0.25, 0.3) is 0 Å². The predicted octanol–water partition coefficient (Wildman–Crippen LogP) is 2.68. The van der Waals surface area contributed by atoms with Crippen LogP contribution in [0, 0.1) is 13.8 Å². The van der Waals surface area contributed by atoms with Crippen molar-refractivity contribution in [3.8, 4) is 5.75 Å². The van der Waals surface area contributed by atoms with Gasteiger partial charge in [0.15, 0.2) is 0 Å². The van der Waals surface area contributed by atoms with Crippen LogP contribution in [0.4, 0.5) is 0 Å². The average molecular weight is 214 g/mol. The normalized spacial score (nSPS) is 12.6. The van der Waals surface area contributed by atoms with Crippen molar-refractivity contribution in [3.63, 3.8) is 0 Å². The van der Waals surface area contributed by atoms with Crippen LogP contribution < -0.4 is 10.5 Å². The SMILES string of the molecule is Cc1cc(OCC(C)N)cc(C)c1Cl. The second kappa shape index (κ2) is 4.67. The maximum Gasteiger partial charge on any atom is 0.120 e. The van der Waals surface area contributed by atoms with E-state index in [1.54, 1.807) is 0 Å². The molecule has 0 heterocycles. The first-order chi connectivity index (χ1) is 6.50. The minimum Gasteiger partial charge on any atom is -0.492 e. The van der Waals surface area contributed by atoms with E-state index in [-0.39, 0.29) is 6.04 Å². The molecule has 0 aliphatic heterocycles. The van der Waals surface area contributed by atoms with Crippen molar-refractivity contribution in [2.75, 3.05) is 6.61 Å². The van der Waals surface area contributed by atoms with Crippen molar-refractivity contribution in [1.82, 2.24) is 0 Å². The number of hydrogen-bond donors (Lipinski definition) is 1. The van der Waals surface area contributed by atoms with E-state index in [9.17, 15) is 0 Å². The topological polar surface area (TPSA) is 35.2 Å². The summed E-state index contributed by atoms with van der Waals surface area (Å²) in [5.41, 5.74) is 7.66. The van der Waals surface area contributed by atoms with Crippen LogP contribution in [-0.4, -0.2) is 12.6 Å². The molecule has 0 bridgehead atoms. The largest absolute Gasteiger partial charge is 0.492 e. The summed E-state index contributed by atoms with van der Waals surface area (Å²) in [6.07, 6.45) is 0. The Morgan fingerprint density at radius 1 is 1.36 bits per heavy atom. The number of ether oxygens (including phenoxy) is 1. The van der Waals surface area contributed by atoms with Crippen LogP contribution in [0.2, 0.25) is 5.02 Å². The van der Waals surface area contributed by atoms with Crippen molar-refractivity contribution in [3.05, 3.63) is 28.3 Å². The van der Waals surface area contributed by atoms with E-state index in [2.05, 4.69) is 0 Å². The third-order valence-electron chi connectivity index (χ3n) is 1.92. The van der Waals surface area contributed by atoms with E-state index in [0.717, 1.165) is 21.9 Å². The zero-order chi connectivity index (χ0) is 10.7. The Morgan fingerprint density at radius 3 is 2.29 bits per heavy atom. The number of rotatable bonds is 3. The Hall–Kier alpha value is -0.730. The van der Waals surface area contributed by atoms with Crippen LogP contribution in [0.25, 0.3) is 0 Å². The summed E-state index contributed by atoms with van der Waals surface area (Å²) >= 11 is 6.03. The van der Waals surface area contributed by atoms with Crippen molar-refractivity contribution in [2.24, 2.45) is 5.73 Å². The number of halogens is 1. The molecule has 0 aromatic heterocycles. The van der Waals surface area contributed by atoms with Gasteiger partial charge < -0.3 is 10.5 Å². The minimum atomic E-state index is 0.0475. The zero-order valence-electron chi connectivity index (χ0n) is 8.80. The standard InChI is InChI=1S/C11H16ClNO/c1-7-4-10(14-6-9(3)13)5-8(2)11(7)12/h4-5,9H,6,13H2,1-3H3. The lowest BCUT2D eigenvalue weighted by Gasteiger charge is -2.11. The van der Waals surface area contributed by atoms with E-state index >= 15 is 0 Å². The summed E-state index contributed by atoms with van der Waals surface area (Å²) in [5.74, 6) is 0.835. The quantitative estimate of drug-likeness (QED) is 0.838. The van der Waals surface area contributed by atoms with Gasteiger partial charge in [0, 0.05) is 11.1 Å². The molecule has 0 spiro atoms. The summed E-state index contributed by atoms with van der Waals surface area (Å²) < 4.78 is 5.50. The van der Waals surface area contributed by atoms with Gasteiger partial charge in [-0.05, 0) is 44.0 Å². The fourth-order valence-corrected chi connectivity index (χ4v) is 1.33. The fraction of sp³-hybridized carbons (Fsp3) is 0.455. The summed E-state index contributed by atoms with van der Waals surface area (Å²) in [7, 11) is 0. The first kappa shape index (κ1) is 11.3. The molecule has 1 rings (SSSR count). The second-order valence-electron chi connectivity index (χ2n) is 3.66. The monoisotopic (exact) mass is 213 g/mol. The molecule has 1 atom stereocenters. The Bertz CT molecular complexity index is 300. The molecule has 1 aromatic carbocycles. The minimum absolute atomic E-state index is 0.0475. The molecule has 1 unspecified atom stereocenters. The lowest BCUT2D eigenvalue weighted by atomic mass is 10.1. The Balaban J connectivity index is 2.79. The maximum absolute atomic E-state index is 6.03. The van der Waals surface area contributed by atoms with Crippen LogP contribution in [0.1, 0.15) is 18.1 Å². The van der Waals surface area contributed by atoms with Crippen molar-refractivity contribution in [1.29, 1.82) is 0 Å². The van der Waals surface area contributed by atoms with E-state index in [1.165, 1.54) is 0 Å². The Labute approximate surface area is 90.0 Å². The van der Waals surface area contributed by atoms with Crippen LogP contribution >= 0.6 is 11.6 Å². The molecule has 0 radical (unpaired) electrons. The van der Waals surface area contributed by atoms with E-state index < -0.39 is 0 Å². The molecule has 0 aliphatic rings. The molecule has 3 heteroatoms. The smallest absolute Gasteiger partial charge is 0.120 e. The predicted molar refractivity (Wildman–Crippen MR) is 60.1 cm³/mol. The van der Waals surface area contributed by atoms with Crippen LogP contribution in [-0.2, 0) is 0 Å². The molecule has 1 aromatic rings. The first-order valence-electron chi connectivity index (χ1n) is 4.66. The molecule has 0 fully saturated rings. The Kier molecular flexibility index (Phi) is 3.78. The highest BCUT2D eigenvalue weighted by atomic mass is 35.5. The number of aryl methyl sites for hydroxylation is 2. The molecule has 0 aliphatic carbocycles. The van der Waals surface area contributed by atoms with Gasteiger partial charge in [0.05, 0.1) is 0 Å². The highest BCUT2D eigenvalue weighted by Gasteiger charge is 2.04. The lowest BCUT2D eigenvalue weighted by molar-refractivity contribution is 0.296. The van der Waals surface area contributed by atoms with Gasteiger partial charge in [0.1, 0.15) is 12.4 Å². The van der Waals surface area contributed by atoms with Crippen LogP contribution in [0.15, 0.2) is 12.1 Å². The molecule has 78 valence electrons. The fourth-order valence-electron chi connectivity index (χ4n) is 1.22. The number of benzene rings is 1. The first-order valence-corrected chi connectivity index (χ1v) is 5.03. The number of hydrogen-bond acceptors (Lipinski definition) is 2. The summed E-state index contributed by atoms with van der Waals surface area (Å²) in [4.78, 5) is 0. The van der Waals surface area contributed by atoms with Crippen LogP contribution in [0.3, 0.4) is 0 Å². The van der Waals surface area contributed by atoms with E-state index in [1.807, 2.05) is 32.9 Å². The van der Waals surface area contributed by atoms with Gasteiger partial charge in [-0.3, -0.25) is 0 Å². The van der Waals surface area contributed by atoms with Crippen LogP contribution in [0.5, 0.6) is 5.75 Å². The molecule has 2 nitrogen and oxygen atoms in total. The molecular formula is C11H16ClNO. The van der Waals surface area contributed by atoms with Gasteiger partial charge in [0.2, 0.25) is 0 Å². The highest BCUT2D eigenvalue weighted by molar-refractivity contribution is 6.32. The summed E-state index contributed by atoms with van der Waals surface area (Å²) in [6, 6.07) is 3.90. The third-order valence-corrected chi connectivity index (χ3v) is 2.52. The number of nitrogens with two attached hydrogens (primary N) is 1. The van der Waals surface area contributed by atoms with E-state index in [0.29, 0.717) is 6.61 Å². The van der Waals surface area contributed by atoms with Gasteiger partial charge >= 0.3 is 0 Å². The van der Waals surface area contributed by atoms with Gasteiger partial charge in [-0.1, -0.05) is 11.6 Å². The van der Waals surface area contributed by atoms with Gasteiger partial charge in [-0.15, -0.1) is 0 Å². The summed E-state index contributed by atoms with van der Waals surface area (Å²) in [6.45, 7) is 6.37. The molecule has 14 heavy (non-hydrogen) atoms. The molecule has 0 saturated heterocycles. The summed E-state index contributed by atoms with van der Waals surface area (Å²) in [5, 5.41) is 0.804. The molecule has 2 N–H and O–H groups in total. The lowest BCUT2D eigenvalue weighted by Crippen LogP contribution is -2.23. The average Bonchev–Trinajstić information content (AvgIpc) is 2.10. The van der Waals surface area contributed by atoms with Crippen molar-refractivity contribution >= 4 is 11.6 Å². The van der Waals surface area contributed by atoms with Gasteiger partial charge in [-0.25, -0.2) is 0 Å².